The van der Waals surface area contributed by atoms with Crippen LogP contribution < -0.4 is 5.32 Å². The van der Waals surface area contributed by atoms with Gasteiger partial charge in [0.2, 0.25) is 0 Å². The second-order valence-corrected chi connectivity index (χ2v) is 4.58. The Morgan fingerprint density at radius 1 is 1.53 bits per heavy atom. The quantitative estimate of drug-likeness (QED) is 0.825. The fourth-order valence-corrected chi connectivity index (χ4v) is 1.79. The first-order valence-electron chi connectivity index (χ1n) is 5.92. The summed E-state index contributed by atoms with van der Waals surface area (Å²) in [6.07, 6.45) is 2.37. The van der Waals surface area contributed by atoms with Gasteiger partial charge in [-0.3, -0.25) is 4.98 Å². The van der Waals surface area contributed by atoms with Crippen molar-refractivity contribution in [2.24, 2.45) is 5.92 Å². The maximum Gasteiger partial charge on any atom is 0.339 e. The molecule has 1 aromatic rings. The molecule has 1 aromatic heterocycles. The SMILES string of the molecule is CCC(Nc1cc(C)ncc1C(=O)O)C(C)C. The van der Waals surface area contributed by atoms with Crippen molar-refractivity contribution in [1.29, 1.82) is 0 Å². The van der Waals surface area contributed by atoms with Crippen LogP contribution >= 0.6 is 0 Å². The molecule has 1 atom stereocenters. The third-order valence-electron chi connectivity index (χ3n) is 2.86. The minimum Gasteiger partial charge on any atom is -0.478 e. The highest BCUT2D eigenvalue weighted by Crippen LogP contribution is 2.20. The third-order valence-corrected chi connectivity index (χ3v) is 2.86. The number of aromatic carboxylic acids is 1. The van der Waals surface area contributed by atoms with Gasteiger partial charge in [0.1, 0.15) is 5.56 Å². The summed E-state index contributed by atoms with van der Waals surface area (Å²) in [5, 5.41) is 12.4. The van der Waals surface area contributed by atoms with E-state index < -0.39 is 5.97 Å². The summed E-state index contributed by atoms with van der Waals surface area (Å²) in [5.74, 6) is -0.492. The predicted molar refractivity (Wildman–Crippen MR) is 68.5 cm³/mol. The highest BCUT2D eigenvalue weighted by molar-refractivity contribution is 5.93. The molecule has 94 valence electrons. The van der Waals surface area contributed by atoms with Gasteiger partial charge in [0.15, 0.2) is 0 Å². The Morgan fingerprint density at radius 3 is 2.65 bits per heavy atom. The Hall–Kier alpha value is -1.58. The molecule has 0 saturated heterocycles. The maximum atomic E-state index is 11.1. The lowest BCUT2D eigenvalue weighted by Gasteiger charge is -2.23. The van der Waals surface area contributed by atoms with E-state index in [1.54, 1.807) is 6.07 Å². The molecule has 4 heteroatoms. The minimum atomic E-state index is -0.946. The van der Waals surface area contributed by atoms with Crippen molar-refractivity contribution in [2.75, 3.05) is 5.32 Å². The number of carboxylic acids is 1. The van der Waals surface area contributed by atoms with Gasteiger partial charge in [0.25, 0.3) is 0 Å². The molecule has 0 saturated carbocycles. The Labute approximate surface area is 102 Å². The second kappa shape index (κ2) is 5.66. The fraction of sp³-hybridized carbons (Fsp3) is 0.538. The van der Waals surface area contributed by atoms with Crippen LogP contribution in [0.15, 0.2) is 12.3 Å². The lowest BCUT2D eigenvalue weighted by Crippen LogP contribution is -2.25. The van der Waals surface area contributed by atoms with Crippen LogP contribution in [0, 0.1) is 12.8 Å². The molecule has 0 aliphatic carbocycles. The number of nitrogens with zero attached hydrogens (tertiary/aromatic N) is 1. The first-order valence-corrected chi connectivity index (χ1v) is 5.92. The number of pyridine rings is 1. The number of hydrogen-bond acceptors (Lipinski definition) is 3. The highest BCUT2D eigenvalue weighted by atomic mass is 16.4. The van der Waals surface area contributed by atoms with Gasteiger partial charge >= 0.3 is 5.97 Å². The smallest absolute Gasteiger partial charge is 0.339 e. The molecule has 1 heterocycles. The van der Waals surface area contributed by atoms with Crippen LogP contribution in [0.3, 0.4) is 0 Å². The molecular weight excluding hydrogens is 216 g/mol. The first kappa shape index (κ1) is 13.5. The van der Waals surface area contributed by atoms with Crippen molar-refractivity contribution in [1.82, 2.24) is 4.98 Å². The Morgan fingerprint density at radius 2 is 2.18 bits per heavy atom. The van der Waals surface area contributed by atoms with E-state index in [2.05, 4.69) is 31.1 Å². The average molecular weight is 236 g/mol. The molecule has 0 fully saturated rings. The van der Waals surface area contributed by atoms with Gasteiger partial charge in [0.05, 0.1) is 5.69 Å². The first-order chi connectivity index (χ1) is 7.95. The Kier molecular flexibility index (Phi) is 4.49. The van der Waals surface area contributed by atoms with Gasteiger partial charge in [-0.1, -0.05) is 20.8 Å². The summed E-state index contributed by atoms with van der Waals surface area (Å²) >= 11 is 0. The normalized spacial score (nSPS) is 12.5. The van der Waals surface area contributed by atoms with Crippen LogP contribution in [-0.4, -0.2) is 22.1 Å². The molecule has 0 aliphatic heterocycles. The summed E-state index contributed by atoms with van der Waals surface area (Å²) < 4.78 is 0. The van der Waals surface area contributed by atoms with E-state index in [1.807, 2.05) is 6.92 Å². The molecule has 0 radical (unpaired) electrons. The van der Waals surface area contributed by atoms with E-state index >= 15 is 0 Å². The zero-order valence-corrected chi connectivity index (χ0v) is 10.8. The number of aromatic nitrogens is 1. The summed E-state index contributed by atoms with van der Waals surface area (Å²) in [6, 6.07) is 2.06. The summed E-state index contributed by atoms with van der Waals surface area (Å²) in [4.78, 5) is 15.1. The number of nitrogens with one attached hydrogen (secondary N) is 1. The summed E-state index contributed by atoms with van der Waals surface area (Å²) in [6.45, 7) is 8.19. The number of rotatable bonds is 5. The Balaban J connectivity index is 3.03. The highest BCUT2D eigenvalue weighted by Gasteiger charge is 2.16. The Bertz CT molecular complexity index is 402. The second-order valence-electron chi connectivity index (χ2n) is 4.58. The molecule has 0 bridgehead atoms. The molecule has 17 heavy (non-hydrogen) atoms. The predicted octanol–water partition coefficient (Wildman–Crippen LogP) is 2.93. The zero-order chi connectivity index (χ0) is 13.0. The van der Waals surface area contributed by atoms with E-state index in [4.69, 9.17) is 5.11 Å². The van der Waals surface area contributed by atoms with Crippen molar-refractivity contribution in [3.8, 4) is 0 Å². The van der Waals surface area contributed by atoms with Gasteiger partial charge < -0.3 is 10.4 Å². The minimum absolute atomic E-state index is 0.231. The number of hydrogen-bond donors (Lipinski definition) is 2. The van der Waals surface area contributed by atoms with E-state index in [9.17, 15) is 4.79 Å². The molecular formula is C13H20N2O2. The molecule has 0 aromatic carbocycles. The van der Waals surface area contributed by atoms with Crippen LogP contribution in [0.1, 0.15) is 43.2 Å². The molecule has 0 aliphatic rings. The maximum absolute atomic E-state index is 11.1. The summed E-state index contributed by atoms with van der Waals surface area (Å²) in [5.41, 5.74) is 1.70. The van der Waals surface area contributed by atoms with E-state index in [0.29, 0.717) is 11.6 Å². The summed E-state index contributed by atoms with van der Waals surface area (Å²) in [7, 11) is 0. The lowest BCUT2D eigenvalue weighted by atomic mass is 10.0. The number of aryl methyl sites for hydroxylation is 1. The number of carboxylic acid groups (broad SMARTS) is 1. The van der Waals surface area contributed by atoms with Crippen LogP contribution in [0.5, 0.6) is 0 Å². The fourth-order valence-electron chi connectivity index (χ4n) is 1.79. The molecule has 1 rings (SSSR count). The lowest BCUT2D eigenvalue weighted by molar-refractivity contribution is 0.0697. The molecule has 0 spiro atoms. The molecule has 4 nitrogen and oxygen atoms in total. The van der Waals surface area contributed by atoms with E-state index in [1.165, 1.54) is 6.20 Å². The van der Waals surface area contributed by atoms with Crippen molar-refractivity contribution >= 4 is 11.7 Å². The topological polar surface area (TPSA) is 62.2 Å². The molecule has 0 amide bonds. The molecule has 1 unspecified atom stereocenters. The van der Waals surface area contributed by atoms with Crippen molar-refractivity contribution in [2.45, 2.75) is 40.2 Å². The van der Waals surface area contributed by atoms with Crippen molar-refractivity contribution in [3.63, 3.8) is 0 Å². The van der Waals surface area contributed by atoms with Crippen LogP contribution in [0.25, 0.3) is 0 Å². The van der Waals surface area contributed by atoms with Crippen molar-refractivity contribution in [3.05, 3.63) is 23.5 Å². The van der Waals surface area contributed by atoms with Crippen molar-refractivity contribution < 1.29 is 9.90 Å². The van der Waals surface area contributed by atoms with Gasteiger partial charge in [-0.15, -0.1) is 0 Å². The van der Waals surface area contributed by atoms with Crippen LogP contribution in [0.4, 0.5) is 5.69 Å². The van der Waals surface area contributed by atoms with Crippen LogP contribution in [0.2, 0.25) is 0 Å². The van der Waals surface area contributed by atoms with Gasteiger partial charge in [-0.05, 0) is 25.3 Å². The third kappa shape index (κ3) is 3.44. The van der Waals surface area contributed by atoms with E-state index in [0.717, 1.165) is 12.1 Å². The van der Waals surface area contributed by atoms with Gasteiger partial charge in [0, 0.05) is 17.9 Å². The number of carbonyl (C=O) groups is 1. The van der Waals surface area contributed by atoms with Gasteiger partial charge in [-0.25, -0.2) is 4.79 Å². The monoisotopic (exact) mass is 236 g/mol. The number of anilines is 1. The van der Waals surface area contributed by atoms with Gasteiger partial charge in [-0.2, -0.15) is 0 Å². The average Bonchev–Trinajstić information content (AvgIpc) is 2.25. The largest absolute Gasteiger partial charge is 0.478 e. The van der Waals surface area contributed by atoms with E-state index in [-0.39, 0.29) is 11.6 Å². The standard InChI is InChI=1S/C13H20N2O2/c1-5-11(8(2)3)15-12-6-9(4)14-7-10(12)13(16)17/h6-8,11H,5H2,1-4H3,(H,14,15)(H,16,17). The molecule has 2 N–H and O–H groups in total. The van der Waals surface area contributed by atoms with Crippen LogP contribution in [-0.2, 0) is 0 Å². The zero-order valence-electron chi connectivity index (χ0n) is 10.8.